The van der Waals surface area contributed by atoms with Gasteiger partial charge in [0.1, 0.15) is 17.2 Å². The van der Waals surface area contributed by atoms with E-state index in [0.717, 1.165) is 0 Å². The summed E-state index contributed by atoms with van der Waals surface area (Å²) in [5, 5.41) is 11.5. The standard InChI is InChI=1S/C21H29NO7/c1-20(2,3)28-16(23)12-11-15(19(27)29-21(4,5)6)22-17(24)13-7-9-14(10-8-13)18(25)26/h7-10,15H,11-12H2,1-6H3,(H,22,24)(H,25,26)/t15-/m1/s1. The molecule has 0 radical (unpaired) electrons. The predicted octanol–water partition coefficient (Wildman–Crippen LogP) is 2.95. The van der Waals surface area contributed by atoms with Crippen molar-refractivity contribution in [1.82, 2.24) is 5.32 Å². The second-order valence-electron chi connectivity index (χ2n) is 8.57. The molecule has 1 aromatic carbocycles. The molecule has 0 unspecified atom stereocenters. The number of hydrogen-bond acceptors (Lipinski definition) is 6. The SMILES string of the molecule is CC(C)(C)OC(=O)CC[C@@H](NC(=O)c1ccc(C(=O)O)cc1)C(=O)OC(C)(C)C. The molecular formula is C21H29NO7. The van der Waals surface area contributed by atoms with Crippen molar-refractivity contribution in [1.29, 1.82) is 0 Å². The Labute approximate surface area is 170 Å². The Kier molecular flexibility index (Phi) is 7.94. The molecule has 2 N–H and O–H groups in total. The van der Waals surface area contributed by atoms with Crippen LogP contribution < -0.4 is 5.32 Å². The first-order chi connectivity index (χ1) is 13.2. The van der Waals surface area contributed by atoms with Crippen LogP contribution in [0, 0.1) is 0 Å². The number of ether oxygens (including phenoxy) is 2. The van der Waals surface area contributed by atoms with E-state index in [0.29, 0.717) is 0 Å². The van der Waals surface area contributed by atoms with Crippen LogP contribution in [0.25, 0.3) is 0 Å². The lowest BCUT2D eigenvalue weighted by Gasteiger charge is -2.25. The van der Waals surface area contributed by atoms with E-state index in [-0.39, 0.29) is 24.0 Å². The Balaban J connectivity index is 2.89. The first-order valence-electron chi connectivity index (χ1n) is 9.27. The van der Waals surface area contributed by atoms with Gasteiger partial charge in [0.25, 0.3) is 5.91 Å². The van der Waals surface area contributed by atoms with Crippen molar-refractivity contribution in [2.45, 2.75) is 71.6 Å². The molecule has 0 bridgehead atoms. The van der Waals surface area contributed by atoms with Gasteiger partial charge < -0.3 is 19.9 Å². The van der Waals surface area contributed by atoms with Crippen molar-refractivity contribution in [2.75, 3.05) is 0 Å². The molecule has 0 saturated heterocycles. The van der Waals surface area contributed by atoms with Gasteiger partial charge in [0.2, 0.25) is 0 Å². The fourth-order valence-electron chi connectivity index (χ4n) is 2.28. The summed E-state index contributed by atoms with van der Waals surface area (Å²) in [6.07, 6.45) is -0.0812. The summed E-state index contributed by atoms with van der Waals surface area (Å²) in [5.74, 6) is -2.86. The average molecular weight is 407 g/mol. The van der Waals surface area contributed by atoms with Crippen molar-refractivity contribution in [3.8, 4) is 0 Å². The smallest absolute Gasteiger partial charge is 0.335 e. The molecule has 1 rings (SSSR count). The summed E-state index contributed by atoms with van der Waals surface area (Å²) < 4.78 is 10.6. The maximum atomic E-state index is 12.5. The summed E-state index contributed by atoms with van der Waals surface area (Å²) in [6, 6.07) is 4.21. The van der Waals surface area contributed by atoms with Crippen LogP contribution in [0.4, 0.5) is 0 Å². The monoisotopic (exact) mass is 407 g/mol. The molecule has 8 nitrogen and oxygen atoms in total. The normalized spacial score (nSPS) is 12.6. The van der Waals surface area contributed by atoms with E-state index < -0.39 is 41.1 Å². The molecule has 29 heavy (non-hydrogen) atoms. The minimum Gasteiger partial charge on any atom is -0.478 e. The van der Waals surface area contributed by atoms with Gasteiger partial charge in [0, 0.05) is 12.0 Å². The maximum Gasteiger partial charge on any atom is 0.335 e. The third kappa shape index (κ3) is 9.23. The van der Waals surface area contributed by atoms with Crippen LogP contribution in [0.2, 0.25) is 0 Å². The molecule has 1 atom stereocenters. The third-order valence-electron chi connectivity index (χ3n) is 3.45. The van der Waals surface area contributed by atoms with E-state index in [4.69, 9.17) is 14.6 Å². The minimum atomic E-state index is -1.11. The number of esters is 2. The van der Waals surface area contributed by atoms with E-state index >= 15 is 0 Å². The molecule has 0 heterocycles. The molecule has 0 aliphatic heterocycles. The Morgan fingerprint density at radius 2 is 1.38 bits per heavy atom. The number of rotatable bonds is 7. The molecule has 160 valence electrons. The van der Waals surface area contributed by atoms with E-state index in [2.05, 4.69) is 5.32 Å². The first-order valence-corrected chi connectivity index (χ1v) is 9.27. The highest BCUT2D eigenvalue weighted by molar-refractivity contribution is 5.98. The van der Waals surface area contributed by atoms with Crippen molar-refractivity contribution in [2.24, 2.45) is 0 Å². The second-order valence-corrected chi connectivity index (χ2v) is 8.57. The number of benzene rings is 1. The van der Waals surface area contributed by atoms with E-state index in [1.54, 1.807) is 41.5 Å². The molecule has 0 aromatic heterocycles. The number of carbonyl (C=O) groups is 4. The molecule has 0 saturated carbocycles. The van der Waals surface area contributed by atoms with Gasteiger partial charge in [-0.25, -0.2) is 9.59 Å². The molecule has 1 amide bonds. The number of nitrogens with one attached hydrogen (secondary N) is 1. The number of carboxylic acid groups (broad SMARTS) is 1. The minimum absolute atomic E-state index is 0.00275. The van der Waals surface area contributed by atoms with E-state index in [9.17, 15) is 19.2 Å². The number of carboxylic acids is 1. The van der Waals surface area contributed by atoms with Crippen molar-refractivity contribution in [3.05, 3.63) is 35.4 Å². The zero-order valence-electron chi connectivity index (χ0n) is 17.7. The quantitative estimate of drug-likeness (QED) is 0.667. The van der Waals surface area contributed by atoms with Crippen molar-refractivity contribution in [3.63, 3.8) is 0 Å². The van der Waals surface area contributed by atoms with Gasteiger partial charge in [0.05, 0.1) is 5.56 Å². The summed E-state index contributed by atoms with van der Waals surface area (Å²) >= 11 is 0. The zero-order chi connectivity index (χ0) is 22.4. The molecule has 0 fully saturated rings. The Morgan fingerprint density at radius 3 is 1.83 bits per heavy atom. The van der Waals surface area contributed by atoms with E-state index in [1.807, 2.05) is 0 Å². The lowest BCUT2D eigenvalue weighted by molar-refractivity contribution is -0.158. The molecule has 0 aliphatic carbocycles. The molecule has 0 aliphatic rings. The first kappa shape index (κ1) is 24.1. The topological polar surface area (TPSA) is 119 Å². The van der Waals surface area contributed by atoms with Crippen LogP contribution in [0.3, 0.4) is 0 Å². The van der Waals surface area contributed by atoms with Gasteiger partial charge in [0.15, 0.2) is 0 Å². The Hall–Kier alpha value is -2.90. The van der Waals surface area contributed by atoms with Gasteiger partial charge in [-0.15, -0.1) is 0 Å². The van der Waals surface area contributed by atoms with Gasteiger partial charge in [-0.3, -0.25) is 9.59 Å². The number of aromatic carboxylic acids is 1. The molecule has 1 aromatic rings. The highest BCUT2D eigenvalue weighted by Gasteiger charge is 2.28. The Morgan fingerprint density at radius 1 is 0.897 bits per heavy atom. The highest BCUT2D eigenvalue weighted by Crippen LogP contribution is 2.14. The van der Waals surface area contributed by atoms with Gasteiger partial charge in [-0.2, -0.15) is 0 Å². The number of carbonyl (C=O) groups excluding carboxylic acids is 3. The number of hydrogen-bond donors (Lipinski definition) is 2. The second kappa shape index (κ2) is 9.54. The third-order valence-corrected chi connectivity index (χ3v) is 3.45. The fraction of sp³-hybridized carbons (Fsp3) is 0.524. The molecule has 0 spiro atoms. The summed E-state index contributed by atoms with van der Waals surface area (Å²) in [4.78, 5) is 47.9. The maximum absolute atomic E-state index is 12.5. The highest BCUT2D eigenvalue weighted by atomic mass is 16.6. The average Bonchev–Trinajstić information content (AvgIpc) is 2.55. The largest absolute Gasteiger partial charge is 0.478 e. The van der Waals surface area contributed by atoms with Crippen molar-refractivity contribution >= 4 is 23.8 Å². The van der Waals surface area contributed by atoms with Crippen LogP contribution in [-0.4, -0.2) is 46.2 Å². The lowest BCUT2D eigenvalue weighted by atomic mass is 10.1. The van der Waals surface area contributed by atoms with E-state index in [1.165, 1.54) is 24.3 Å². The Bertz CT molecular complexity index is 755. The summed E-state index contributed by atoms with van der Waals surface area (Å²) in [7, 11) is 0. The van der Waals surface area contributed by atoms with Crippen LogP contribution in [0.1, 0.15) is 75.1 Å². The van der Waals surface area contributed by atoms with Crippen LogP contribution >= 0.6 is 0 Å². The lowest BCUT2D eigenvalue weighted by Crippen LogP contribution is -2.44. The molecule has 8 heteroatoms. The summed E-state index contributed by atoms with van der Waals surface area (Å²) in [6.45, 7) is 10.3. The van der Waals surface area contributed by atoms with Crippen LogP contribution in [-0.2, 0) is 19.1 Å². The number of amides is 1. The van der Waals surface area contributed by atoms with Crippen molar-refractivity contribution < 1.29 is 33.8 Å². The van der Waals surface area contributed by atoms with Gasteiger partial charge in [-0.05, 0) is 72.2 Å². The zero-order valence-corrected chi connectivity index (χ0v) is 17.7. The van der Waals surface area contributed by atoms with Crippen LogP contribution in [0.15, 0.2) is 24.3 Å². The van der Waals surface area contributed by atoms with Gasteiger partial charge in [-0.1, -0.05) is 0 Å². The molecular weight excluding hydrogens is 378 g/mol. The fourth-order valence-corrected chi connectivity index (χ4v) is 2.28. The van der Waals surface area contributed by atoms with Gasteiger partial charge >= 0.3 is 17.9 Å². The van der Waals surface area contributed by atoms with Crippen LogP contribution in [0.5, 0.6) is 0 Å². The summed E-state index contributed by atoms with van der Waals surface area (Å²) in [5.41, 5.74) is -1.21. The predicted molar refractivity (Wildman–Crippen MR) is 106 cm³/mol.